The van der Waals surface area contributed by atoms with Gasteiger partial charge in [-0.15, -0.1) is 0 Å². The van der Waals surface area contributed by atoms with Gasteiger partial charge in [-0.2, -0.15) is 0 Å². The Balaban J connectivity index is 2.00. The van der Waals surface area contributed by atoms with Crippen molar-refractivity contribution in [3.8, 4) is 0 Å². The van der Waals surface area contributed by atoms with E-state index in [1.54, 1.807) is 12.1 Å². The van der Waals surface area contributed by atoms with E-state index in [1.807, 2.05) is 25.3 Å². The molecule has 1 aromatic heterocycles. The van der Waals surface area contributed by atoms with E-state index in [-0.39, 0.29) is 18.4 Å². The van der Waals surface area contributed by atoms with E-state index in [9.17, 15) is 14.3 Å². The number of hydrogen-bond donors (Lipinski definition) is 2. The largest absolute Gasteiger partial charge is 0.463 e. The molecule has 0 bridgehead atoms. The van der Waals surface area contributed by atoms with Crippen molar-refractivity contribution in [1.29, 1.82) is 0 Å². The summed E-state index contributed by atoms with van der Waals surface area (Å²) in [5, 5.41) is 10.4. The number of benzene rings is 1. The molecule has 2 aromatic rings. The van der Waals surface area contributed by atoms with Gasteiger partial charge in [-0.3, -0.25) is 4.79 Å². The molecule has 166 valence electrons. The molecule has 2 atom stereocenters. The molecule has 0 fully saturated rings. The smallest absolute Gasteiger partial charge is 0.305 e. The summed E-state index contributed by atoms with van der Waals surface area (Å²) in [5.41, 5.74) is 2.05. The number of aliphatic hydroxyl groups excluding tert-OH is 1. The minimum Gasteiger partial charge on any atom is -0.463 e. The van der Waals surface area contributed by atoms with Crippen molar-refractivity contribution < 1.29 is 23.9 Å². The average Bonchev–Trinajstić information content (AvgIpc) is 3.11. The van der Waals surface area contributed by atoms with Gasteiger partial charge in [0, 0.05) is 19.2 Å². The average molecular weight is 420 g/mol. The van der Waals surface area contributed by atoms with Crippen molar-refractivity contribution in [1.82, 2.24) is 4.57 Å². The highest BCUT2D eigenvalue weighted by Gasteiger charge is 2.19. The lowest BCUT2D eigenvalue weighted by atomic mass is 10.1. The molecule has 0 aliphatic rings. The molecule has 1 heterocycles. The Morgan fingerprint density at radius 1 is 1.27 bits per heavy atom. The van der Waals surface area contributed by atoms with Gasteiger partial charge >= 0.3 is 5.97 Å². The first-order chi connectivity index (χ1) is 14.4. The number of rotatable bonds is 13. The van der Waals surface area contributed by atoms with Crippen LogP contribution in [-0.4, -0.2) is 41.4 Å². The van der Waals surface area contributed by atoms with E-state index in [4.69, 9.17) is 4.74 Å². The van der Waals surface area contributed by atoms with E-state index in [1.165, 1.54) is 11.0 Å². The SMILES string of the molecule is CCCC(=O)OC[C@H](O)C[NH+](CCC(C)C)Cc1cccn1Cc1cccc(F)c1. The zero-order chi connectivity index (χ0) is 21.9. The molecule has 0 radical (unpaired) electrons. The number of quaternary nitrogens is 1. The molecule has 6 heteroatoms. The molecule has 1 unspecified atom stereocenters. The number of carbonyl (C=O) groups excluding carboxylic acids is 1. The first-order valence-electron chi connectivity index (χ1n) is 10.9. The maximum Gasteiger partial charge on any atom is 0.305 e. The van der Waals surface area contributed by atoms with Crippen molar-refractivity contribution in [3.05, 3.63) is 59.7 Å². The Bertz CT molecular complexity index is 775. The van der Waals surface area contributed by atoms with E-state index >= 15 is 0 Å². The topological polar surface area (TPSA) is 55.9 Å². The molecule has 30 heavy (non-hydrogen) atoms. The van der Waals surface area contributed by atoms with Crippen molar-refractivity contribution in [3.63, 3.8) is 0 Å². The third-order valence-electron chi connectivity index (χ3n) is 5.09. The number of hydrogen-bond acceptors (Lipinski definition) is 3. The van der Waals surface area contributed by atoms with Gasteiger partial charge in [0.2, 0.25) is 0 Å². The van der Waals surface area contributed by atoms with Gasteiger partial charge in [-0.05, 0) is 48.6 Å². The minimum atomic E-state index is -0.695. The van der Waals surface area contributed by atoms with Crippen molar-refractivity contribution in [2.45, 2.75) is 59.2 Å². The van der Waals surface area contributed by atoms with Crippen LogP contribution in [0.1, 0.15) is 51.3 Å². The van der Waals surface area contributed by atoms with Crippen LogP contribution in [0.15, 0.2) is 42.6 Å². The normalized spacial score (nSPS) is 13.4. The summed E-state index contributed by atoms with van der Waals surface area (Å²) in [7, 11) is 0. The summed E-state index contributed by atoms with van der Waals surface area (Å²) in [5.74, 6) is 0.0778. The van der Waals surface area contributed by atoms with Gasteiger partial charge in [-0.1, -0.05) is 32.9 Å². The van der Waals surface area contributed by atoms with Crippen LogP contribution in [0.3, 0.4) is 0 Å². The van der Waals surface area contributed by atoms with Crippen molar-refractivity contribution in [2.24, 2.45) is 5.92 Å². The van der Waals surface area contributed by atoms with E-state index in [2.05, 4.69) is 24.5 Å². The molecule has 0 saturated carbocycles. The molecule has 5 nitrogen and oxygen atoms in total. The lowest BCUT2D eigenvalue weighted by Crippen LogP contribution is -3.12. The molecule has 0 amide bonds. The summed E-state index contributed by atoms with van der Waals surface area (Å²) in [6.07, 6.45) is 3.47. The van der Waals surface area contributed by atoms with E-state index in [0.29, 0.717) is 25.4 Å². The van der Waals surface area contributed by atoms with Gasteiger partial charge in [0.05, 0.1) is 12.2 Å². The second-order valence-electron chi connectivity index (χ2n) is 8.41. The second kappa shape index (κ2) is 12.5. The number of ether oxygens (including phenoxy) is 1. The number of halogens is 1. The maximum atomic E-state index is 13.5. The second-order valence-corrected chi connectivity index (χ2v) is 8.41. The summed E-state index contributed by atoms with van der Waals surface area (Å²) in [6, 6.07) is 10.7. The monoisotopic (exact) mass is 419 g/mol. The van der Waals surface area contributed by atoms with Crippen LogP contribution < -0.4 is 4.90 Å². The molecule has 0 aliphatic carbocycles. The Labute approximate surface area is 179 Å². The Hall–Kier alpha value is -2.18. The number of nitrogens with zero attached hydrogens (tertiary/aromatic N) is 1. The number of nitrogens with one attached hydrogen (secondary N) is 1. The van der Waals surface area contributed by atoms with E-state index in [0.717, 1.165) is 37.2 Å². The fourth-order valence-electron chi connectivity index (χ4n) is 3.47. The van der Waals surface area contributed by atoms with Crippen LogP contribution in [0.4, 0.5) is 4.39 Å². The standard InChI is InChI=1S/C24H35FN2O3/c1-4-7-24(29)30-18-23(28)17-26(13-11-19(2)3)16-22-10-6-12-27(22)15-20-8-5-9-21(25)14-20/h5-6,8-10,12,14,19,23,28H,4,7,11,13,15-18H2,1-3H3/p+1/t23-/m1/s1. The molecular formula is C24H36FN2O3+. The van der Waals surface area contributed by atoms with Gasteiger partial charge in [0.15, 0.2) is 0 Å². The lowest BCUT2D eigenvalue weighted by Gasteiger charge is -2.24. The van der Waals surface area contributed by atoms with Crippen LogP contribution >= 0.6 is 0 Å². The van der Waals surface area contributed by atoms with Crippen LogP contribution in [0.5, 0.6) is 0 Å². The number of carbonyl (C=O) groups is 1. The fourth-order valence-corrected chi connectivity index (χ4v) is 3.47. The van der Waals surface area contributed by atoms with Gasteiger partial charge in [-0.25, -0.2) is 4.39 Å². The quantitative estimate of drug-likeness (QED) is 0.491. The zero-order valence-corrected chi connectivity index (χ0v) is 18.4. The molecule has 2 N–H and O–H groups in total. The highest BCUT2D eigenvalue weighted by Crippen LogP contribution is 2.09. The van der Waals surface area contributed by atoms with Crippen molar-refractivity contribution in [2.75, 3.05) is 19.7 Å². The molecular weight excluding hydrogens is 383 g/mol. The van der Waals surface area contributed by atoms with Crippen LogP contribution in [-0.2, 0) is 22.6 Å². The van der Waals surface area contributed by atoms with Crippen LogP contribution in [0.25, 0.3) is 0 Å². The third-order valence-corrected chi connectivity index (χ3v) is 5.09. The van der Waals surface area contributed by atoms with Crippen LogP contribution in [0, 0.1) is 11.7 Å². The van der Waals surface area contributed by atoms with Crippen LogP contribution in [0.2, 0.25) is 0 Å². The number of esters is 1. The maximum absolute atomic E-state index is 13.5. The first kappa shape index (κ1) is 24.1. The lowest BCUT2D eigenvalue weighted by molar-refractivity contribution is -0.917. The van der Waals surface area contributed by atoms with Gasteiger partial charge in [0.25, 0.3) is 0 Å². The molecule has 1 aromatic carbocycles. The van der Waals surface area contributed by atoms with E-state index < -0.39 is 6.10 Å². The molecule has 0 aliphatic heterocycles. The minimum absolute atomic E-state index is 0.0360. The molecule has 0 spiro atoms. The zero-order valence-electron chi connectivity index (χ0n) is 18.4. The molecule has 0 saturated heterocycles. The predicted octanol–water partition coefficient (Wildman–Crippen LogP) is 2.81. The Morgan fingerprint density at radius 3 is 2.77 bits per heavy atom. The number of aromatic nitrogens is 1. The Kier molecular flexibility index (Phi) is 10.0. The first-order valence-corrected chi connectivity index (χ1v) is 10.9. The summed E-state index contributed by atoms with van der Waals surface area (Å²) < 4.78 is 20.8. The van der Waals surface area contributed by atoms with Gasteiger partial charge in [0.1, 0.15) is 31.6 Å². The highest BCUT2D eigenvalue weighted by atomic mass is 19.1. The van der Waals surface area contributed by atoms with Crippen molar-refractivity contribution >= 4 is 5.97 Å². The summed E-state index contributed by atoms with van der Waals surface area (Å²) in [6.45, 7) is 9.12. The third kappa shape index (κ3) is 8.67. The fraction of sp³-hybridized carbons (Fsp3) is 0.542. The number of aliphatic hydroxyl groups is 1. The highest BCUT2D eigenvalue weighted by molar-refractivity contribution is 5.69. The Morgan fingerprint density at radius 2 is 2.07 bits per heavy atom. The summed E-state index contributed by atoms with van der Waals surface area (Å²) >= 11 is 0. The predicted molar refractivity (Wildman–Crippen MR) is 116 cm³/mol. The molecule has 2 rings (SSSR count). The summed E-state index contributed by atoms with van der Waals surface area (Å²) in [4.78, 5) is 12.8. The van der Waals surface area contributed by atoms with Gasteiger partial charge < -0.3 is 19.3 Å².